The molecule has 8 nitrogen and oxygen atoms in total. The molecule has 4 atom stereocenters. The summed E-state index contributed by atoms with van der Waals surface area (Å²) in [6, 6.07) is 0.453. The number of fused-ring (bicyclic) bond motifs is 1. The molecule has 25 heavy (non-hydrogen) atoms. The summed E-state index contributed by atoms with van der Waals surface area (Å²) in [5.74, 6) is 0.263. The van der Waals surface area contributed by atoms with Crippen molar-refractivity contribution in [2.24, 2.45) is 11.8 Å². The van der Waals surface area contributed by atoms with E-state index >= 15 is 0 Å². The molecule has 1 aromatic heterocycles. The topological polar surface area (TPSA) is 102 Å². The molecule has 136 valence electrons. The van der Waals surface area contributed by atoms with Crippen LogP contribution in [0.1, 0.15) is 37.8 Å². The fourth-order valence-corrected chi connectivity index (χ4v) is 4.39. The van der Waals surface area contributed by atoms with Crippen LogP contribution in [-0.2, 0) is 16.0 Å². The first-order valence-electron chi connectivity index (χ1n) is 9.28. The van der Waals surface area contributed by atoms with E-state index in [9.17, 15) is 9.59 Å². The number of hydrazine groups is 1. The second-order valence-corrected chi connectivity index (χ2v) is 7.35. The smallest absolute Gasteiger partial charge is 0.225 e. The standard InChI is InChI=1S/C17H26N6O2/c24-15-7-11(17(25)19-6-5-12-8-18-10-20-12)9-23(15)16-13-3-1-2-4-14(13)21-22-16/h8,10-11,13-14,16,21-22H,1-7,9H2,(H,18,20)(H,19,25). The fourth-order valence-electron chi connectivity index (χ4n) is 4.39. The first-order valence-corrected chi connectivity index (χ1v) is 9.28. The number of hydrogen-bond acceptors (Lipinski definition) is 5. The number of carbonyl (C=O) groups is 2. The zero-order chi connectivity index (χ0) is 17.2. The SMILES string of the molecule is O=C(NCCc1cnc[nH]1)C1CC(=O)N(C2NNC3CCCCC32)C1. The quantitative estimate of drug-likeness (QED) is 0.597. The summed E-state index contributed by atoms with van der Waals surface area (Å²) in [5, 5.41) is 2.95. The predicted molar refractivity (Wildman–Crippen MR) is 90.9 cm³/mol. The van der Waals surface area contributed by atoms with E-state index in [0.29, 0.717) is 37.9 Å². The van der Waals surface area contributed by atoms with Crippen molar-refractivity contribution in [1.82, 2.24) is 31.0 Å². The lowest BCUT2D eigenvalue weighted by atomic mass is 9.84. The van der Waals surface area contributed by atoms with Gasteiger partial charge < -0.3 is 15.2 Å². The summed E-state index contributed by atoms with van der Waals surface area (Å²) in [5.41, 5.74) is 7.65. The van der Waals surface area contributed by atoms with Gasteiger partial charge in [0.15, 0.2) is 0 Å². The molecule has 1 aliphatic carbocycles. The van der Waals surface area contributed by atoms with Crippen molar-refractivity contribution in [2.75, 3.05) is 13.1 Å². The number of carbonyl (C=O) groups excluding carboxylic acids is 2. The van der Waals surface area contributed by atoms with Crippen molar-refractivity contribution in [3.05, 3.63) is 18.2 Å². The van der Waals surface area contributed by atoms with Gasteiger partial charge in [-0.15, -0.1) is 0 Å². The van der Waals surface area contributed by atoms with Crippen molar-refractivity contribution >= 4 is 11.8 Å². The van der Waals surface area contributed by atoms with E-state index < -0.39 is 0 Å². The van der Waals surface area contributed by atoms with E-state index in [1.54, 1.807) is 12.5 Å². The van der Waals surface area contributed by atoms with E-state index in [1.165, 1.54) is 12.8 Å². The van der Waals surface area contributed by atoms with E-state index in [0.717, 1.165) is 18.5 Å². The van der Waals surface area contributed by atoms with Gasteiger partial charge in [0.1, 0.15) is 0 Å². The number of nitrogens with one attached hydrogen (secondary N) is 4. The molecule has 2 amide bonds. The van der Waals surface area contributed by atoms with Crippen LogP contribution in [0.2, 0.25) is 0 Å². The molecule has 3 aliphatic rings. The Labute approximate surface area is 147 Å². The second kappa shape index (κ2) is 7.13. The molecular weight excluding hydrogens is 320 g/mol. The van der Waals surface area contributed by atoms with Crippen LogP contribution in [0.25, 0.3) is 0 Å². The predicted octanol–water partition coefficient (Wildman–Crippen LogP) is -0.0904. The summed E-state index contributed by atoms with van der Waals surface area (Å²) >= 11 is 0. The molecule has 2 saturated heterocycles. The third-order valence-electron chi connectivity index (χ3n) is 5.76. The Kier molecular flexibility index (Phi) is 4.72. The zero-order valence-electron chi connectivity index (χ0n) is 14.3. The van der Waals surface area contributed by atoms with Gasteiger partial charge in [0, 0.05) is 49.8 Å². The normalized spacial score (nSPS) is 32.0. The molecule has 2 aliphatic heterocycles. The number of amides is 2. The van der Waals surface area contributed by atoms with Crippen molar-refractivity contribution in [3.63, 3.8) is 0 Å². The molecule has 0 aromatic carbocycles. The Morgan fingerprint density at radius 2 is 2.20 bits per heavy atom. The summed E-state index contributed by atoms with van der Waals surface area (Å²) < 4.78 is 0. The van der Waals surface area contributed by atoms with Crippen LogP contribution in [0, 0.1) is 11.8 Å². The van der Waals surface area contributed by atoms with E-state index in [-0.39, 0.29) is 23.9 Å². The van der Waals surface area contributed by atoms with Gasteiger partial charge in [-0.25, -0.2) is 10.4 Å². The molecule has 4 unspecified atom stereocenters. The summed E-state index contributed by atoms with van der Waals surface area (Å²) in [6.45, 7) is 1.07. The van der Waals surface area contributed by atoms with Crippen LogP contribution in [0.15, 0.2) is 12.5 Å². The number of imidazole rings is 1. The third-order valence-corrected chi connectivity index (χ3v) is 5.76. The van der Waals surface area contributed by atoms with Gasteiger partial charge >= 0.3 is 0 Å². The minimum Gasteiger partial charge on any atom is -0.355 e. The van der Waals surface area contributed by atoms with Gasteiger partial charge in [-0.3, -0.25) is 15.0 Å². The van der Waals surface area contributed by atoms with E-state index in [1.807, 2.05) is 4.90 Å². The molecule has 1 saturated carbocycles. The van der Waals surface area contributed by atoms with Crippen LogP contribution in [0.3, 0.4) is 0 Å². The molecule has 1 aromatic rings. The summed E-state index contributed by atoms with van der Waals surface area (Å²) in [4.78, 5) is 33.7. The van der Waals surface area contributed by atoms with Crippen LogP contribution in [0.4, 0.5) is 0 Å². The van der Waals surface area contributed by atoms with Crippen LogP contribution >= 0.6 is 0 Å². The van der Waals surface area contributed by atoms with Crippen molar-refractivity contribution < 1.29 is 9.59 Å². The van der Waals surface area contributed by atoms with Gasteiger partial charge in [-0.1, -0.05) is 12.8 Å². The second-order valence-electron chi connectivity index (χ2n) is 7.35. The summed E-state index contributed by atoms with van der Waals surface area (Å²) in [7, 11) is 0. The number of H-pyrrole nitrogens is 1. The molecule has 8 heteroatoms. The number of nitrogens with zero attached hydrogens (tertiary/aromatic N) is 2. The van der Waals surface area contributed by atoms with E-state index in [2.05, 4.69) is 26.1 Å². The molecule has 0 radical (unpaired) electrons. The molecule has 3 heterocycles. The van der Waals surface area contributed by atoms with Crippen LogP contribution in [-0.4, -0.2) is 52.0 Å². The van der Waals surface area contributed by atoms with Crippen LogP contribution in [0.5, 0.6) is 0 Å². The maximum Gasteiger partial charge on any atom is 0.225 e. The van der Waals surface area contributed by atoms with Crippen molar-refractivity contribution in [3.8, 4) is 0 Å². The number of likely N-dealkylation sites (tertiary alicyclic amines) is 1. The lowest BCUT2D eigenvalue weighted by Gasteiger charge is -2.32. The number of rotatable bonds is 5. The van der Waals surface area contributed by atoms with Gasteiger partial charge in [-0.2, -0.15) is 0 Å². The van der Waals surface area contributed by atoms with Crippen molar-refractivity contribution in [1.29, 1.82) is 0 Å². The Morgan fingerprint density at radius 1 is 1.32 bits per heavy atom. The van der Waals surface area contributed by atoms with Gasteiger partial charge in [-0.05, 0) is 12.8 Å². The van der Waals surface area contributed by atoms with Gasteiger partial charge in [0.2, 0.25) is 11.8 Å². The highest BCUT2D eigenvalue weighted by molar-refractivity contribution is 5.89. The highest BCUT2D eigenvalue weighted by Crippen LogP contribution is 2.34. The average molecular weight is 346 g/mol. The molecule has 4 N–H and O–H groups in total. The molecule has 4 rings (SSSR count). The first-order chi connectivity index (χ1) is 12.2. The lowest BCUT2D eigenvalue weighted by molar-refractivity contribution is -0.131. The number of hydrogen-bond donors (Lipinski definition) is 4. The number of aromatic nitrogens is 2. The minimum absolute atomic E-state index is 0.0264. The van der Waals surface area contributed by atoms with Gasteiger partial charge in [0.05, 0.1) is 18.4 Å². The number of aromatic amines is 1. The highest BCUT2D eigenvalue weighted by Gasteiger charge is 2.46. The zero-order valence-corrected chi connectivity index (χ0v) is 14.3. The molecule has 0 bridgehead atoms. The Morgan fingerprint density at radius 3 is 3.04 bits per heavy atom. The molecule has 0 spiro atoms. The average Bonchev–Trinajstić information content (AvgIpc) is 3.34. The van der Waals surface area contributed by atoms with E-state index in [4.69, 9.17) is 0 Å². The van der Waals surface area contributed by atoms with Crippen LogP contribution < -0.4 is 16.2 Å². The maximum absolute atomic E-state index is 12.5. The lowest BCUT2D eigenvalue weighted by Crippen LogP contribution is -2.48. The minimum atomic E-state index is -0.251. The third kappa shape index (κ3) is 3.41. The Bertz CT molecular complexity index is 619. The van der Waals surface area contributed by atoms with Crippen molar-refractivity contribution in [2.45, 2.75) is 50.7 Å². The molecular formula is C17H26N6O2. The highest BCUT2D eigenvalue weighted by atomic mass is 16.2. The largest absolute Gasteiger partial charge is 0.355 e. The van der Waals surface area contributed by atoms with Gasteiger partial charge in [0.25, 0.3) is 0 Å². The Balaban J connectivity index is 1.30. The molecule has 3 fully saturated rings. The monoisotopic (exact) mass is 346 g/mol. The maximum atomic E-state index is 12.5. The fraction of sp³-hybridized carbons (Fsp3) is 0.706. The first kappa shape index (κ1) is 16.5. The Hall–Kier alpha value is -1.93. The summed E-state index contributed by atoms with van der Waals surface area (Å²) in [6.07, 6.45) is 9.21.